The lowest BCUT2D eigenvalue weighted by atomic mass is 10.1. The first-order valence-electron chi connectivity index (χ1n) is 5.39. The van der Waals surface area contributed by atoms with E-state index in [0.717, 1.165) is 18.5 Å². The van der Waals surface area contributed by atoms with Gasteiger partial charge in [-0.2, -0.15) is 10.5 Å². The van der Waals surface area contributed by atoms with Gasteiger partial charge in [0.25, 0.3) is 0 Å². The molecular formula is C13H15N3. The van der Waals surface area contributed by atoms with E-state index in [4.69, 9.17) is 10.5 Å². The molecule has 0 unspecified atom stereocenters. The Hall–Kier alpha value is -1.84. The van der Waals surface area contributed by atoms with E-state index >= 15 is 0 Å². The van der Waals surface area contributed by atoms with Gasteiger partial charge in [0.1, 0.15) is 0 Å². The first-order chi connectivity index (χ1) is 7.81. The monoisotopic (exact) mass is 213 g/mol. The molecule has 0 amide bonds. The summed E-state index contributed by atoms with van der Waals surface area (Å²) in [6.45, 7) is 4.05. The molecule has 0 bridgehead atoms. The number of nitriles is 2. The van der Waals surface area contributed by atoms with Crippen LogP contribution in [-0.4, -0.2) is 18.0 Å². The molecule has 0 atom stereocenters. The summed E-state index contributed by atoms with van der Waals surface area (Å²) in [5.74, 6) is 0. The average Bonchev–Trinajstić information content (AvgIpc) is 2.30. The lowest BCUT2D eigenvalue weighted by molar-refractivity contribution is 0.298. The van der Waals surface area contributed by atoms with Gasteiger partial charge in [-0.05, 0) is 24.6 Å². The Morgan fingerprint density at radius 3 is 2.62 bits per heavy atom. The molecule has 3 heteroatoms. The van der Waals surface area contributed by atoms with Crippen molar-refractivity contribution in [1.82, 2.24) is 4.90 Å². The minimum Gasteiger partial charge on any atom is -0.286 e. The molecule has 0 aliphatic heterocycles. The van der Waals surface area contributed by atoms with Crippen LogP contribution < -0.4 is 0 Å². The summed E-state index contributed by atoms with van der Waals surface area (Å²) in [6, 6.07) is 11.9. The van der Waals surface area contributed by atoms with Crippen LogP contribution in [0.5, 0.6) is 0 Å². The normalized spacial score (nSPS) is 9.75. The fourth-order valence-corrected chi connectivity index (χ4v) is 1.64. The Morgan fingerprint density at radius 1 is 1.25 bits per heavy atom. The number of nitrogens with zero attached hydrogens (tertiary/aromatic N) is 3. The van der Waals surface area contributed by atoms with Crippen LogP contribution in [0.1, 0.15) is 24.5 Å². The van der Waals surface area contributed by atoms with Crippen LogP contribution in [-0.2, 0) is 6.54 Å². The van der Waals surface area contributed by atoms with E-state index < -0.39 is 0 Å². The Kier molecular flexibility index (Phi) is 5.05. The number of hydrogen-bond donors (Lipinski definition) is 0. The van der Waals surface area contributed by atoms with E-state index in [0.29, 0.717) is 18.7 Å². The van der Waals surface area contributed by atoms with Gasteiger partial charge in [-0.25, -0.2) is 0 Å². The molecule has 1 aromatic rings. The van der Waals surface area contributed by atoms with Gasteiger partial charge in [0, 0.05) is 6.54 Å². The lowest BCUT2D eigenvalue weighted by Crippen LogP contribution is -2.24. The molecule has 0 radical (unpaired) electrons. The molecule has 1 aromatic carbocycles. The van der Waals surface area contributed by atoms with E-state index in [9.17, 15) is 0 Å². The van der Waals surface area contributed by atoms with Crippen molar-refractivity contribution in [2.24, 2.45) is 0 Å². The van der Waals surface area contributed by atoms with Gasteiger partial charge in [-0.3, -0.25) is 4.90 Å². The van der Waals surface area contributed by atoms with Gasteiger partial charge in [0.05, 0.1) is 24.2 Å². The minimum absolute atomic E-state index is 0.410. The second kappa shape index (κ2) is 6.61. The third-order valence-electron chi connectivity index (χ3n) is 2.37. The number of benzene rings is 1. The SMILES string of the molecule is CCCN(CC#N)Cc1ccccc1C#N. The largest absolute Gasteiger partial charge is 0.286 e. The zero-order chi connectivity index (χ0) is 11.8. The average molecular weight is 213 g/mol. The van der Waals surface area contributed by atoms with Gasteiger partial charge >= 0.3 is 0 Å². The molecular weight excluding hydrogens is 198 g/mol. The third kappa shape index (κ3) is 3.38. The molecule has 1 rings (SSSR count). The van der Waals surface area contributed by atoms with Crippen LogP contribution in [0.3, 0.4) is 0 Å². The van der Waals surface area contributed by atoms with Gasteiger partial charge in [0.2, 0.25) is 0 Å². The predicted octanol–water partition coefficient (Wildman–Crippen LogP) is 2.29. The van der Waals surface area contributed by atoms with E-state index in [1.54, 1.807) is 0 Å². The molecule has 0 spiro atoms. The molecule has 82 valence electrons. The quantitative estimate of drug-likeness (QED) is 0.705. The van der Waals surface area contributed by atoms with Crippen molar-refractivity contribution in [3.8, 4) is 12.1 Å². The van der Waals surface area contributed by atoms with Crippen LogP contribution in [0.4, 0.5) is 0 Å². The van der Waals surface area contributed by atoms with Gasteiger partial charge in [-0.15, -0.1) is 0 Å². The minimum atomic E-state index is 0.410. The van der Waals surface area contributed by atoms with Crippen LogP contribution in [0, 0.1) is 22.7 Å². The van der Waals surface area contributed by atoms with Crippen molar-refractivity contribution in [2.75, 3.05) is 13.1 Å². The highest BCUT2D eigenvalue weighted by molar-refractivity contribution is 5.37. The fourth-order valence-electron chi connectivity index (χ4n) is 1.64. The predicted molar refractivity (Wildman–Crippen MR) is 62.3 cm³/mol. The van der Waals surface area contributed by atoms with E-state index in [1.165, 1.54) is 0 Å². The summed E-state index contributed by atoms with van der Waals surface area (Å²) in [5, 5.41) is 17.7. The fraction of sp³-hybridized carbons (Fsp3) is 0.385. The summed E-state index contributed by atoms with van der Waals surface area (Å²) >= 11 is 0. The molecule has 0 heterocycles. The molecule has 0 fully saturated rings. The summed E-state index contributed by atoms with van der Waals surface area (Å²) in [7, 11) is 0. The highest BCUT2D eigenvalue weighted by atomic mass is 15.1. The maximum atomic E-state index is 8.96. The van der Waals surface area contributed by atoms with E-state index in [2.05, 4.69) is 24.0 Å². The maximum Gasteiger partial charge on any atom is 0.0995 e. The molecule has 0 saturated carbocycles. The van der Waals surface area contributed by atoms with Crippen molar-refractivity contribution >= 4 is 0 Å². The Morgan fingerprint density at radius 2 is 2.00 bits per heavy atom. The first kappa shape index (κ1) is 12.2. The molecule has 0 N–H and O–H groups in total. The Labute approximate surface area is 96.5 Å². The maximum absolute atomic E-state index is 8.96. The van der Waals surface area contributed by atoms with Crippen molar-refractivity contribution in [1.29, 1.82) is 10.5 Å². The van der Waals surface area contributed by atoms with Gasteiger partial charge in [-0.1, -0.05) is 25.1 Å². The second-order valence-corrected chi connectivity index (χ2v) is 3.64. The molecule has 16 heavy (non-hydrogen) atoms. The first-order valence-corrected chi connectivity index (χ1v) is 5.39. The zero-order valence-electron chi connectivity index (χ0n) is 9.48. The van der Waals surface area contributed by atoms with Gasteiger partial charge < -0.3 is 0 Å². The number of hydrogen-bond acceptors (Lipinski definition) is 3. The van der Waals surface area contributed by atoms with Crippen LogP contribution in [0.25, 0.3) is 0 Å². The van der Waals surface area contributed by atoms with Crippen molar-refractivity contribution in [3.05, 3.63) is 35.4 Å². The summed E-state index contributed by atoms with van der Waals surface area (Å²) in [6.07, 6.45) is 1.01. The summed E-state index contributed by atoms with van der Waals surface area (Å²) < 4.78 is 0. The zero-order valence-corrected chi connectivity index (χ0v) is 9.48. The van der Waals surface area contributed by atoms with Gasteiger partial charge in [0.15, 0.2) is 0 Å². The standard InChI is InChI=1S/C13H15N3/c1-2-8-16(9-7-14)11-13-6-4-3-5-12(13)10-15/h3-6H,2,8-9,11H2,1H3. The number of rotatable bonds is 5. The van der Waals surface area contributed by atoms with Crippen LogP contribution in [0.2, 0.25) is 0 Å². The lowest BCUT2D eigenvalue weighted by Gasteiger charge is -2.18. The summed E-state index contributed by atoms with van der Waals surface area (Å²) in [5.41, 5.74) is 1.69. The molecule has 0 aliphatic carbocycles. The van der Waals surface area contributed by atoms with E-state index in [-0.39, 0.29) is 0 Å². The Balaban J connectivity index is 2.77. The summed E-state index contributed by atoms with van der Waals surface area (Å²) in [4.78, 5) is 2.05. The van der Waals surface area contributed by atoms with Crippen LogP contribution >= 0.6 is 0 Å². The second-order valence-electron chi connectivity index (χ2n) is 3.64. The highest BCUT2D eigenvalue weighted by Gasteiger charge is 2.07. The molecule has 0 aromatic heterocycles. The highest BCUT2D eigenvalue weighted by Crippen LogP contribution is 2.10. The molecule has 0 saturated heterocycles. The van der Waals surface area contributed by atoms with E-state index in [1.807, 2.05) is 24.3 Å². The third-order valence-corrected chi connectivity index (χ3v) is 2.37. The van der Waals surface area contributed by atoms with Crippen molar-refractivity contribution < 1.29 is 0 Å². The Bertz CT molecular complexity index is 412. The van der Waals surface area contributed by atoms with Crippen molar-refractivity contribution in [2.45, 2.75) is 19.9 Å². The molecule has 3 nitrogen and oxygen atoms in total. The van der Waals surface area contributed by atoms with Crippen LogP contribution in [0.15, 0.2) is 24.3 Å². The molecule has 0 aliphatic rings. The smallest absolute Gasteiger partial charge is 0.0995 e. The van der Waals surface area contributed by atoms with Crippen molar-refractivity contribution in [3.63, 3.8) is 0 Å². The topological polar surface area (TPSA) is 50.8 Å².